The smallest absolute Gasteiger partial charge is 0.0778 e. The van der Waals surface area contributed by atoms with E-state index in [9.17, 15) is 8.76 Å². The van der Waals surface area contributed by atoms with E-state index in [1.165, 1.54) is 11.3 Å². The number of rotatable bonds is 2. The summed E-state index contributed by atoms with van der Waals surface area (Å²) in [5.41, 5.74) is 1.05. The molecular weight excluding hydrogens is 216 g/mol. The van der Waals surface area contributed by atoms with Gasteiger partial charge in [-0.05, 0) is 28.8 Å². The monoisotopic (exact) mass is 223 g/mol. The van der Waals surface area contributed by atoms with Crippen molar-refractivity contribution in [2.24, 2.45) is 0 Å². The van der Waals surface area contributed by atoms with Crippen molar-refractivity contribution < 1.29 is 8.76 Å². The van der Waals surface area contributed by atoms with Crippen molar-refractivity contribution in [3.63, 3.8) is 0 Å². The van der Waals surface area contributed by atoms with Gasteiger partial charge >= 0.3 is 0 Å². The van der Waals surface area contributed by atoms with Crippen LogP contribution in [0.3, 0.4) is 0 Å². The van der Waals surface area contributed by atoms with Crippen LogP contribution in [-0.4, -0.2) is 8.76 Å². The predicted molar refractivity (Wildman–Crippen MR) is 56.9 cm³/mol. The third-order valence-corrected chi connectivity index (χ3v) is 3.86. The van der Waals surface area contributed by atoms with Gasteiger partial charge in [0.2, 0.25) is 0 Å². The van der Waals surface area contributed by atoms with Crippen LogP contribution in [0.2, 0.25) is 0 Å². The topological polar surface area (TPSA) is 40.1 Å². The van der Waals surface area contributed by atoms with E-state index in [0.717, 1.165) is 10.4 Å². The summed E-state index contributed by atoms with van der Waals surface area (Å²) in [6, 6.07) is 13.2. The fraction of sp³-hybridized carbons (Fsp3) is 0. The molecule has 0 aliphatic carbocycles. The molecule has 0 fully saturated rings. The molecular formula is C10H7O2S2-. The van der Waals surface area contributed by atoms with Crippen molar-refractivity contribution in [3.8, 4) is 10.4 Å². The Morgan fingerprint density at radius 2 is 1.79 bits per heavy atom. The minimum absolute atomic E-state index is 0.379. The van der Waals surface area contributed by atoms with Crippen molar-refractivity contribution in [1.82, 2.24) is 0 Å². The van der Waals surface area contributed by atoms with E-state index in [2.05, 4.69) is 0 Å². The SMILES string of the molecule is O=S([O-])c1ccc(-c2ccccc2)s1. The third-order valence-electron chi connectivity index (χ3n) is 1.80. The molecule has 1 unspecified atom stereocenters. The molecule has 0 amide bonds. The summed E-state index contributed by atoms with van der Waals surface area (Å²) in [7, 11) is 0. The zero-order valence-corrected chi connectivity index (χ0v) is 8.81. The lowest BCUT2D eigenvalue weighted by molar-refractivity contribution is 0.539. The largest absolute Gasteiger partial charge is 0.768 e. The summed E-state index contributed by atoms with van der Waals surface area (Å²) in [6.45, 7) is 0. The average molecular weight is 223 g/mol. The molecule has 0 bridgehead atoms. The molecule has 0 aliphatic heterocycles. The van der Waals surface area contributed by atoms with Crippen LogP contribution in [0, 0.1) is 0 Å². The summed E-state index contributed by atoms with van der Waals surface area (Å²) in [6.07, 6.45) is 0. The van der Waals surface area contributed by atoms with E-state index >= 15 is 0 Å². The van der Waals surface area contributed by atoms with Crippen LogP contribution in [0.15, 0.2) is 46.7 Å². The summed E-state index contributed by atoms with van der Waals surface area (Å²) in [4.78, 5) is 0.977. The van der Waals surface area contributed by atoms with Gasteiger partial charge in [0.15, 0.2) is 0 Å². The van der Waals surface area contributed by atoms with Gasteiger partial charge in [0.05, 0.1) is 4.21 Å². The Balaban J connectivity index is 2.39. The molecule has 0 N–H and O–H groups in total. The molecule has 0 spiro atoms. The fourth-order valence-corrected chi connectivity index (χ4v) is 2.63. The standard InChI is InChI=1S/C10H8O2S2/c11-14(12)10-7-6-9(13-10)8-4-2-1-3-5-8/h1-7H,(H,11,12)/p-1. The second-order valence-corrected chi connectivity index (χ2v) is 4.97. The lowest BCUT2D eigenvalue weighted by Crippen LogP contribution is -1.80. The zero-order chi connectivity index (χ0) is 9.97. The molecule has 1 heterocycles. The molecule has 0 aliphatic rings. The van der Waals surface area contributed by atoms with Gasteiger partial charge in [0.25, 0.3) is 0 Å². The first-order valence-corrected chi connectivity index (χ1v) is 5.91. The van der Waals surface area contributed by atoms with Crippen LogP contribution in [0.1, 0.15) is 0 Å². The number of thiophene rings is 1. The van der Waals surface area contributed by atoms with Crippen LogP contribution in [0.25, 0.3) is 10.4 Å². The highest BCUT2D eigenvalue weighted by molar-refractivity contribution is 7.81. The molecule has 2 nitrogen and oxygen atoms in total. The van der Waals surface area contributed by atoms with Gasteiger partial charge < -0.3 is 4.55 Å². The van der Waals surface area contributed by atoms with Gasteiger partial charge in [-0.15, -0.1) is 11.3 Å². The van der Waals surface area contributed by atoms with Crippen LogP contribution >= 0.6 is 11.3 Å². The molecule has 1 aromatic heterocycles. The Hall–Kier alpha value is -0.970. The quantitative estimate of drug-likeness (QED) is 0.734. The number of hydrogen-bond acceptors (Lipinski definition) is 3. The Morgan fingerprint density at radius 3 is 2.36 bits per heavy atom. The Kier molecular flexibility index (Phi) is 2.77. The first-order chi connectivity index (χ1) is 6.77. The first-order valence-electron chi connectivity index (χ1n) is 4.02. The summed E-state index contributed by atoms with van der Waals surface area (Å²) < 4.78 is 21.7. The second-order valence-electron chi connectivity index (χ2n) is 2.72. The highest BCUT2D eigenvalue weighted by Crippen LogP contribution is 2.28. The molecule has 2 rings (SSSR count). The molecule has 1 atom stereocenters. The molecule has 0 radical (unpaired) electrons. The lowest BCUT2D eigenvalue weighted by Gasteiger charge is -1.98. The minimum atomic E-state index is -2.11. The zero-order valence-electron chi connectivity index (χ0n) is 7.17. The van der Waals surface area contributed by atoms with Crippen molar-refractivity contribution in [2.45, 2.75) is 4.21 Å². The lowest BCUT2D eigenvalue weighted by atomic mass is 10.2. The van der Waals surface area contributed by atoms with Crippen LogP contribution < -0.4 is 0 Å². The molecule has 4 heteroatoms. The van der Waals surface area contributed by atoms with Crippen molar-refractivity contribution in [1.29, 1.82) is 0 Å². The van der Waals surface area contributed by atoms with E-state index in [1.54, 1.807) is 6.07 Å². The van der Waals surface area contributed by atoms with Crippen molar-refractivity contribution in [2.75, 3.05) is 0 Å². The van der Waals surface area contributed by atoms with Crippen LogP contribution in [0.4, 0.5) is 0 Å². The van der Waals surface area contributed by atoms with Crippen LogP contribution in [-0.2, 0) is 11.1 Å². The summed E-state index contributed by atoms with van der Waals surface area (Å²) >= 11 is -0.832. The van der Waals surface area contributed by atoms with Gasteiger partial charge in [-0.1, -0.05) is 30.3 Å². The molecule has 2 aromatic rings. The molecule has 14 heavy (non-hydrogen) atoms. The minimum Gasteiger partial charge on any atom is -0.768 e. The predicted octanol–water partition coefficient (Wildman–Crippen LogP) is 2.65. The van der Waals surface area contributed by atoms with Crippen LogP contribution in [0.5, 0.6) is 0 Å². The van der Waals surface area contributed by atoms with Gasteiger partial charge in [0.1, 0.15) is 0 Å². The Morgan fingerprint density at radius 1 is 1.07 bits per heavy atom. The third kappa shape index (κ3) is 1.92. The number of benzene rings is 1. The molecule has 0 saturated heterocycles. The maximum absolute atomic E-state index is 10.7. The van der Waals surface area contributed by atoms with Crippen molar-refractivity contribution in [3.05, 3.63) is 42.5 Å². The summed E-state index contributed by atoms with van der Waals surface area (Å²) in [5, 5.41) is 0. The van der Waals surface area contributed by atoms with E-state index in [4.69, 9.17) is 0 Å². The second kappa shape index (κ2) is 4.04. The van der Waals surface area contributed by atoms with E-state index < -0.39 is 11.1 Å². The Bertz CT molecular complexity index is 448. The molecule has 1 aromatic carbocycles. The summed E-state index contributed by atoms with van der Waals surface area (Å²) in [5.74, 6) is 0. The van der Waals surface area contributed by atoms with Gasteiger partial charge in [-0.3, -0.25) is 4.21 Å². The first kappa shape index (κ1) is 9.58. The molecule has 72 valence electrons. The van der Waals surface area contributed by atoms with E-state index in [0.29, 0.717) is 4.21 Å². The highest BCUT2D eigenvalue weighted by atomic mass is 32.2. The maximum atomic E-state index is 10.7. The van der Waals surface area contributed by atoms with Gasteiger partial charge in [0, 0.05) is 4.88 Å². The highest BCUT2D eigenvalue weighted by Gasteiger charge is 2.01. The Labute approximate surface area is 88.5 Å². The average Bonchev–Trinajstić information content (AvgIpc) is 2.68. The van der Waals surface area contributed by atoms with Crippen molar-refractivity contribution >= 4 is 22.4 Å². The van der Waals surface area contributed by atoms with E-state index in [-0.39, 0.29) is 0 Å². The van der Waals surface area contributed by atoms with Gasteiger partial charge in [-0.2, -0.15) is 0 Å². The maximum Gasteiger partial charge on any atom is 0.0778 e. The molecule has 0 saturated carbocycles. The van der Waals surface area contributed by atoms with Gasteiger partial charge in [-0.25, -0.2) is 0 Å². The fourth-order valence-electron chi connectivity index (χ4n) is 1.17. The number of hydrogen-bond donors (Lipinski definition) is 0. The van der Waals surface area contributed by atoms with E-state index in [1.807, 2.05) is 36.4 Å². The normalized spacial score (nSPS) is 12.6.